The van der Waals surface area contributed by atoms with Crippen molar-refractivity contribution >= 4 is 11.4 Å². The van der Waals surface area contributed by atoms with E-state index in [1.54, 1.807) is 0 Å². The molecule has 88 valence electrons. The molecule has 0 aromatic heterocycles. The smallest absolute Gasteiger partial charge is 0.0621 e. The fourth-order valence-electron chi connectivity index (χ4n) is 2.25. The summed E-state index contributed by atoms with van der Waals surface area (Å²) in [5.74, 6) is 0.505. The molecule has 2 rings (SSSR count). The first-order chi connectivity index (χ1) is 8.40. The number of hydrazone groups is 1. The maximum atomic E-state index is 8.62. The van der Waals surface area contributed by atoms with Gasteiger partial charge in [0.25, 0.3) is 0 Å². The number of hydrogen-bond donors (Lipinski definition) is 1. The Hall–Kier alpha value is -1.82. The Balaban J connectivity index is 1.94. The molecule has 1 saturated carbocycles. The molecule has 1 unspecified atom stereocenters. The molecule has 0 spiro atoms. The molecule has 0 heterocycles. The number of anilines is 1. The number of rotatable bonds is 4. The second kappa shape index (κ2) is 6.05. The van der Waals surface area contributed by atoms with Gasteiger partial charge in [-0.3, -0.25) is 5.43 Å². The van der Waals surface area contributed by atoms with Gasteiger partial charge in [0, 0.05) is 18.1 Å². The molecule has 0 radical (unpaired) electrons. The van der Waals surface area contributed by atoms with Crippen molar-refractivity contribution in [1.82, 2.24) is 0 Å². The Morgan fingerprint density at radius 1 is 1.35 bits per heavy atom. The molecular weight excluding hydrogens is 210 g/mol. The van der Waals surface area contributed by atoms with Crippen LogP contribution in [0.25, 0.3) is 0 Å². The second-order valence-electron chi connectivity index (χ2n) is 4.37. The van der Waals surface area contributed by atoms with E-state index >= 15 is 0 Å². The third kappa shape index (κ3) is 3.32. The quantitative estimate of drug-likeness (QED) is 0.799. The highest BCUT2D eigenvalue weighted by Crippen LogP contribution is 2.26. The summed E-state index contributed by atoms with van der Waals surface area (Å²) in [6, 6.07) is 12.2. The minimum absolute atomic E-state index is 0.505. The normalized spacial score (nSPS) is 21.4. The van der Waals surface area contributed by atoms with Crippen LogP contribution in [0.15, 0.2) is 35.4 Å². The third-order valence-corrected chi connectivity index (χ3v) is 3.16. The molecule has 1 fully saturated rings. The molecule has 0 aliphatic heterocycles. The highest BCUT2D eigenvalue weighted by Gasteiger charge is 2.22. The molecule has 0 bridgehead atoms. The Morgan fingerprint density at radius 2 is 2.18 bits per heavy atom. The van der Waals surface area contributed by atoms with Crippen molar-refractivity contribution in [2.24, 2.45) is 11.0 Å². The van der Waals surface area contributed by atoms with E-state index in [0.29, 0.717) is 12.3 Å². The van der Waals surface area contributed by atoms with Crippen LogP contribution in [0.2, 0.25) is 0 Å². The van der Waals surface area contributed by atoms with Crippen LogP contribution in [-0.4, -0.2) is 5.71 Å². The summed E-state index contributed by atoms with van der Waals surface area (Å²) < 4.78 is 0. The Labute approximate surface area is 102 Å². The van der Waals surface area contributed by atoms with Crippen LogP contribution in [0.5, 0.6) is 0 Å². The van der Waals surface area contributed by atoms with Gasteiger partial charge in [-0.2, -0.15) is 10.4 Å². The molecule has 3 heteroatoms. The van der Waals surface area contributed by atoms with Crippen molar-refractivity contribution in [1.29, 1.82) is 5.26 Å². The minimum Gasteiger partial charge on any atom is -0.279 e. The van der Waals surface area contributed by atoms with Crippen LogP contribution in [0, 0.1) is 17.2 Å². The number of nitriles is 1. The van der Waals surface area contributed by atoms with Gasteiger partial charge in [-0.25, -0.2) is 0 Å². The van der Waals surface area contributed by atoms with Crippen LogP contribution in [0.3, 0.4) is 0 Å². The molecule has 0 saturated heterocycles. The number of benzene rings is 1. The van der Waals surface area contributed by atoms with Gasteiger partial charge in [-0.05, 0) is 37.8 Å². The number of nitrogens with zero attached hydrogens (tertiary/aromatic N) is 2. The predicted octanol–water partition coefficient (Wildman–Crippen LogP) is 3.56. The van der Waals surface area contributed by atoms with Gasteiger partial charge < -0.3 is 0 Å². The lowest BCUT2D eigenvalue weighted by Gasteiger charge is -2.09. The van der Waals surface area contributed by atoms with Crippen molar-refractivity contribution in [3.05, 3.63) is 30.3 Å². The van der Waals surface area contributed by atoms with E-state index in [1.165, 1.54) is 18.6 Å². The maximum absolute atomic E-state index is 8.62. The summed E-state index contributed by atoms with van der Waals surface area (Å²) in [7, 11) is 0. The first-order valence-corrected chi connectivity index (χ1v) is 6.14. The average Bonchev–Trinajstić information content (AvgIpc) is 2.82. The summed E-state index contributed by atoms with van der Waals surface area (Å²) in [4.78, 5) is 0. The summed E-state index contributed by atoms with van der Waals surface area (Å²) in [5, 5.41) is 13.1. The number of hydrogen-bond acceptors (Lipinski definition) is 3. The van der Waals surface area contributed by atoms with Gasteiger partial charge in [0.15, 0.2) is 0 Å². The zero-order valence-corrected chi connectivity index (χ0v) is 9.89. The summed E-state index contributed by atoms with van der Waals surface area (Å²) >= 11 is 0. The monoisotopic (exact) mass is 227 g/mol. The molecule has 1 atom stereocenters. The van der Waals surface area contributed by atoms with Gasteiger partial charge in [0.1, 0.15) is 0 Å². The third-order valence-electron chi connectivity index (χ3n) is 3.16. The van der Waals surface area contributed by atoms with E-state index < -0.39 is 0 Å². The van der Waals surface area contributed by atoms with Crippen LogP contribution >= 0.6 is 0 Å². The zero-order valence-electron chi connectivity index (χ0n) is 9.89. The van der Waals surface area contributed by atoms with Crippen LogP contribution < -0.4 is 5.43 Å². The summed E-state index contributed by atoms with van der Waals surface area (Å²) in [6.07, 6.45) is 5.03. The van der Waals surface area contributed by atoms with Crippen LogP contribution in [-0.2, 0) is 0 Å². The molecule has 0 amide bonds. The number of para-hydroxylation sites is 1. The lowest BCUT2D eigenvalue weighted by Crippen LogP contribution is -2.08. The molecular formula is C14H17N3. The van der Waals surface area contributed by atoms with E-state index in [4.69, 9.17) is 5.26 Å². The lowest BCUT2D eigenvalue weighted by atomic mass is 10.0. The van der Waals surface area contributed by atoms with Gasteiger partial charge in [0.05, 0.1) is 11.8 Å². The zero-order chi connectivity index (χ0) is 11.9. The van der Waals surface area contributed by atoms with E-state index in [9.17, 15) is 0 Å². The fraction of sp³-hybridized carbons (Fsp3) is 0.429. The highest BCUT2D eigenvalue weighted by molar-refractivity contribution is 5.89. The molecule has 1 aliphatic rings. The SMILES string of the molecule is N#CCCC1CCCC1=NNc1ccccc1. The Kier molecular flexibility index (Phi) is 4.15. The standard InChI is InChI=1S/C14H17N3/c15-11-5-7-12-6-4-10-14(12)17-16-13-8-2-1-3-9-13/h1-3,8-9,12,16H,4-7,10H2. The summed E-state index contributed by atoms with van der Waals surface area (Å²) in [5.41, 5.74) is 5.34. The lowest BCUT2D eigenvalue weighted by molar-refractivity contribution is 0.618. The van der Waals surface area contributed by atoms with E-state index in [1.807, 2.05) is 30.3 Å². The van der Waals surface area contributed by atoms with Crippen LogP contribution in [0.1, 0.15) is 32.1 Å². The predicted molar refractivity (Wildman–Crippen MR) is 69.7 cm³/mol. The first kappa shape index (κ1) is 11.7. The topological polar surface area (TPSA) is 48.2 Å². The van der Waals surface area contributed by atoms with Gasteiger partial charge in [-0.1, -0.05) is 18.2 Å². The molecule has 1 N–H and O–H groups in total. The molecule has 1 aromatic rings. The minimum atomic E-state index is 0.505. The van der Waals surface area contributed by atoms with Crippen molar-refractivity contribution in [3.63, 3.8) is 0 Å². The fourth-order valence-corrected chi connectivity index (χ4v) is 2.25. The second-order valence-corrected chi connectivity index (χ2v) is 4.37. The average molecular weight is 227 g/mol. The number of nitrogens with one attached hydrogen (secondary N) is 1. The van der Waals surface area contributed by atoms with Crippen LogP contribution in [0.4, 0.5) is 5.69 Å². The van der Waals surface area contributed by atoms with E-state index in [0.717, 1.165) is 18.5 Å². The molecule has 3 nitrogen and oxygen atoms in total. The molecule has 1 aliphatic carbocycles. The molecule has 17 heavy (non-hydrogen) atoms. The summed E-state index contributed by atoms with van der Waals surface area (Å²) in [6.45, 7) is 0. The van der Waals surface area contributed by atoms with E-state index in [2.05, 4.69) is 16.6 Å². The highest BCUT2D eigenvalue weighted by atomic mass is 15.3. The van der Waals surface area contributed by atoms with Crippen molar-refractivity contribution in [2.75, 3.05) is 5.43 Å². The van der Waals surface area contributed by atoms with Gasteiger partial charge in [-0.15, -0.1) is 0 Å². The van der Waals surface area contributed by atoms with Crippen molar-refractivity contribution < 1.29 is 0 Å². The van der Waals surface area contributed by atoms with E-state index in [-0.39, 0.29) is 0 Å². The van der Waals surface area contributed by atoms with Gasteiger partial charge in [0.2, 0.25) is 0 Å². The largest absolute Gasteiger partial charge is 0.279 e. The van der Waals surface area contributed by atoms with Crippen molar-refractivity contribution in [2.45, 2.75) is 32.1 Å². The van der Waals surface area contributed by atoms with Crippen molar-refractivity contribution in [3.8, 4) is 6.07 Å². The Morgan fingerprint density at radius 3 is 2.94 bits per heavy atom. The first-order valence-electron chi connectivity index (χ1n) is 6.14. The maximum Gasteiger partial charge on any atom is 0.0621 e. The Bertz CT molecular complexity index is 417. The van der Waals surface area contributed by atoms with Gasteiger partial charge >= 0.3 is 0 Å². The molecule has 1 aromatic carbocycles.